The average Bonchev–Trinajstić information content (AvgIpc) is 2.80. The molecular formula is C16H13BrN2O2. The molecule has 1 aromatic heterocycles. The first kappa shape index (κ1) is 13.8. The molecule has 0 bridgehead atoms. The summed E-state index contributed by atoms with van der Waals surface area (Å²) in [4.78, 5) is 16.6. The molecule has 1 heterocycles. The molecule has 1 N–H and O–H groups in total. The largest absolute Gasteiger partial charge is 0.441 e. The van der Waals surface area contributed by atoms with Crippen molar-refractivity contribution in [2.75, 3.05) is 5.32 Å². The maximum atomic E-state index is 12.4. The second kappa shape index (κ2) is 5.33. The normalized spacial score (nSPS) is 10.8. The van der Waals surface area contributed by atoms with Gasteiger partial charge in [-0.15, -0.1) is 0 Å². The summed E-state index contributed by atoms with van der Waals surface area (Å²) in [6.45, 7) is 3.70. The van der Waals surface area contributed by atoms with E-state index in [0.717, 1.165) is 15.6 Å². The molecule has 0 unspecified atom stereocenters. The highest BCUT2D eigenvalue weighted by molar-refractivity contribution is 9.10. The topological polar surface area (TPSA) is 55.1 Å². The summed E-state index contributed by atoms with van der Waals surface area (Å²) in [6, 6.07) is 11.0. The number of oxazole rings is 1. The number of carbonyl (C=O) groups is 1. The maximum Gasteiger partial charge on any atom is 0.255 e. The third-order valence-electron chi connectivity index (χ3n) is 3.20. The maximum absolute atomic E-state index is 12.4. The van der Waals surface area contributed by atoms with Crippen molar-refractivity contribution in [3.8, 4) is 0 Å². The molecule has 3 aromatic rings. The number of benzene rings is 2. The monoisotopic (exact) mass is 344 g/mol. The van der Waals surface area contributed by atoms with Gasteiger partial charge in [0.05, 0.1) is 0 Å². The van der Waals surface area contributed by atoms with Gasteiger partial charge in [-0.1, -0.05) is 22.0 Å². The zero-order valence-electron chi connectivity index (χ0n) is 11.6. The number of fused-ring (bicyclic) bond motifs is 1. The van der Waals surface area contributed by atoms with E-state index in [-0.39, 0.29) is 5.91 Å². The van der Waals surface area contributed by atoms with E-state index in [2.05, 4.69) is 26.2 Å². The van der Waals surface area contributed by atoms with Gasteiger partial charge in [0, 0.05) is 22.6 Å². The number of carbonyl (C=O) groups excluding carboxylic acids is 1. The predicted octanol–water partition coefficient (Wildman–Crippen LogP) is 4.46. The molecule has 1 amide bonds. The van der Waals surface area contributed by atoms with Gasteiger partial charge in [0.15, 0.2) is 11.5 Å². The molecule has 4 nitrogen and oxygen atoms in total. The highest BCUT2D eigenvalue weighted by atomic mass is 79.9. The van der Waals surface area contributed by atoms with Crippen molar-refractivity contribution in [3.63, 3.8) is 0 Å². The Balaban J connectivity index is 1.90. The van der Waals surface area contributed by atoms with E-state index in [0.29, 0.717) is 22.7 Å². The van der Waals surface area contributed by atoms with Crippen LogP contribution in [-0.4, -0.2) is 10.9 Å². The van der Waals surface area contributed by atoms with E-state index in [1.807, 2.05) is 25.1 Å². The minimum Gasteiger partial charge on any atom is -0.441 e. The van der Waals surface area contributed by atoms with Crippen LogP contribution >= 0.6 is 15.9 Å². The lowest BCUT2D eigenvalue weighted by Crippen LogP contribution is -2.13. The van der Waals surface area contributed by atoms with Crippen LogP contribution in [0.15, 0.2) is 45.3 Å². The standard InChI is InChI=1S/C16H13BrN2O2/c1-9-3-4-11(17)7-13(9)16(20)19-12-5-6-15-14(8-12)18-10(2)21-15/h3-8H,1-2H3,(H,19,20). The molecule has 5 heteroatoms. The lowest BCUT2D eigenvalue weighted by Gasteiger charge is -2.08. The van der Waals surface area contributed by atoms with Gasteiger partial charge in [-0.25, -0.2) is 4.98 Å². The van der Waals surface area contributed by atoms with Gasteiger partial charge in [-0.05, 0) is 42.8 Å². The van der Waals surface area contributed by atoms with Crippen molar-refractivity contribution >= 4 is 38.6 Å². The Bertz CT molecular complexity index is 839. The van der Waals surface area contributed by atoms with Crippen molar-refractivity contribution < 1.29 is 9.21 Å². The zero-order chi connectivity index (χ0) is 15.0. The molecule has 0 atom stereocenters. The molecule has 106 valence electrons. The van der Waals surface area contributed by atoms with Gasteiger partial charge in [-0.2, -0.15) is 0 Å². The summed E-state index contributed by atoms with van der Waals surface area (Å²) in [5, 5.41) is 2.89. The number of anilines is 1. The first-order valence-electron chi connectivity index (χ1n) is 6.47. The number of amides is 1. The Morgan fingerprint density at radius 3 is 2.81 bits per heavy atom. The van der Waals surface area contributed by atoms with Crippen LogP contribution in [0.5, 0.6) is 0 Å². The van der Waals surface area contributed by atoms with Gasteiger partial charge >= 0.3 is 0 Å². The summed E-state index contributed by atoms with van der Waals surface area (Å²) in [5.74, 6) is 0.463. The van der Waals surface area contributed by atoms with Crippen molar-refractivity contribution in [3.05, 3.63) is 57.9 Å². The van der Waals surface area contributed by atoms with E-state index >= 15 is 0 Å². The van der Waals surface area contributed by atoms with Crippen molar-refractivity contribution in [1.82, 2.24) is 4.98 Å². The second-order valence-electron chi connectivity index (χ2n) is 4.83. The van der Waals surface area contributed by atoms with Gasteiger partial charge in [0.2, 0.25) is 0 Å². The average molecular weight is 345 g/mol. The molecular weight excluding hydrogens is 332 g/mol. The summed E-state index contributed by atoms with van der Waals surface area (Å²) < 4.78 is 6.29. The highest BCUT2D eigenvalue weighted by Crippen LogP contribution is 2.21. The van der Waals surface area contributed by atoms with Crippen molar-refractivity contribution in [2.45, 2.75) is 13.8 Å². The van der Waals surface area contributed by atoms with Crippen LogP contribution in [0.4, 0.5) is 5.69 Å². The van der Waals surface area contributed by atoms with E-state index in [1.54, 1.807) is 25.1 Å². The van der Waals surface area contributed by atoms with E-state index in [1.165, 1.54) is 0 Å². The lowest BCUT2D eigenvalue weighted by atomic mass is 10.1. The van der Waals surface area contributed by atoms with Crippen molar-refractivity contribution in [2.24, 2.45) is 0 Å². The number of halogens is 1. The van der Waals surface area contributed by atoms with Gasteiger partial charge in [0.1, 0.15) is 5.52 Å². The summed E-state index contributed by atoms with van der Waals surface area (Å²) in [7, 11) is 0. The molecule has 0 aliphatic heterocycles. The van der Waals surface area contributed by atoms with Gasteiger partial charge in [-0.3, -0.25) is 4.79 Å². The van der Waals surface area contributed by atoms with E-state index in [9.17, 15) is 4.79 Å². The molecule has 21 heavy (non-hydrogen) atoms. The lowest BCUT2D eigenvalue weighted by molar-refractivity contribution is 0.102. The first-order chi connectivity index (χ1) is 10.0. The number of nitrogens with one attached hydrogen (secondary N) is 1. The van der Waals surface area contributed by atoms with Crippen molar-refractivity contribution in [1.29, 1.82) is 0 Å². The van der Waals surface area contributed by atoms with E-state index < -0.39 is 0 Å². The highest BCUT2D eigenvalue weighted by Gasteiger charge is 2.11. The Kier molecular flexibility index (Phi) is 3.51. The molecule has 2 aromatic carbocycles. The Labute approximate surface area is 130 Å². The smallest absolute Gasteiger partial charge is 0.255 e. The molecule has 0 radical (unpaired) electrons. The molecule has 3 rings (SSSR count). The van der Waals surface area contributed by atoms with Crippen LogP contribution in [0, 0.1) is 13.8 Å². The number of rotatable bonds is 2. The molecule has 0 fully saturated rings. The number of hydrogen-bond donors (Lipinski definition) is 1. The molecule has 0 saturated carbocycles. The summed E-state index contributed by atoms with van der Waals surface area (Å²) in [5.41, 5.74) is 3.70. The number of nitrogens with zero attached hydrogens (tertiary/aromatic N) is 1. The third kappa shape index (κ3) is 2.83. The zero-order valence-corrected chi connectivity index (χ0v) is 13.2. The fourth-order valence-corrected chi connectivity index (χ4v) is 2.52. The van der Waals surface area contributed by atoms with Crippen LogP contribution in [0.3, 0.4) is 0 Å². The third-order valence-corrected chi connectivity index (χ3v) is 3.69. The predicted molar refractivity (Wildman–Crippen MR) is 85.6 cm³/mol. The SMILES string of the molecule is Cc1nc2cc(NC(=O)c3cc(Br)ccc3C)ccc2o1. The Morgan fingerprint density at radius 2 is 2.00 bits per heavy atom. The number of aryl methyl sites for hydroxylation is 2. The van der Waals surface area contributed by atoms with Crippen LogP contribution in [0.1, 0.15) is 21.8 Å². The van der Waals surface area contributed by atoms with Gasteiger partial charge < -0.3 is 9.73 Å². The molecule has 0 aliphatic rings. The molecule has 0 spiro atoms. The summed E-state index contributed by atoms with van der Waals surface area (Å²) >= 11 is 3.38. The quantitative estimate of drug-likeness (QED) is 0.746. The Morgan fingerprint density at radius 1 is 1.19 bits per heavy atom. The number of aromatic nitrogens is 1. The van der Waals surface area contributed by atoms with E-state index in [4.69, 9.17) is 4.42 Å². The van der Waals surface area contributed by atoms with Gasteiger partial charge in [0.25, 0.3) is 5.91 Å². The summed E-state index contributed by atoms with van der Waals surface area (Å²) in [6.07, 6.45) is 0. The minimum atomic E-state index is -0.145. The second-order valence-corrected chi connectivity index (χ2v) is 5.74. The van der Waals surface area contributed by atoms with Crippen LogP contribution in [-0.2, 0) is 0 Å². The molecule has 0 aliphatic carbocycles. The van der Waals surface area contributed by atoms with Crippen LogP contribution < -0.4 is 5.32 Å². The number of hydrogen-bond acceptors (Lipinski definition) is 3. The minimum absolute atomic E-state index is 0.145. The first-order valence-corrected chi connectivity index (χ1v) is 7.27. The van der Waals surface area contributed by atoms with Crippen LogP contribution in [0.2, 0.25) is 0 Å². The fourth-order valence-electron chi connectivity index (χ4n) is 2.16. The fraction of sp³-hybridized carbons (Fsp3) is 0.125. The van der Waals surface area contributed by atoms with Crippen LogP contribution in [0.25, 0.3) is 11.1 Å². The Hall–Kier alpha value is -2.14. The molecule has 0 saturated heterocycles.